The minimum Gasteiger partial charge on any atom is -1.00 e. The van der Waals surface area contributed by atoms with Crippen LogP contribution in [0.15, 0.2) is 0 Å². The lowest BCUT2D eigenvalue weighted by Crippen LogP contribution is -3.00. The van der Waals surface area contributed by atoms with Crippen LogP contribution in [0, 0.1) is 36.5 Å². The van der Waals surface area contributed by atoms with E-state index in [0.29, 0.717) is 0 Å². The number of likely N-dealkylation sites (tertiary alicyclic amines) is 2. The minimum atomic E-state index is 0. The van der Waals surface area contributed by atoms with E-state index in [2.05, 4.69) is 23.7 Å². The number of quaternary nitrogens is 2. The van der Waals surface area contributed by atoms with Crippen LogP contribution < -0.4 is 17.0 Å². The summed E-state index contributed by atoms with van der Waals surface area (Å²) in [6.45, 7) is 8.83. The Kier molecular flexibility index (Phi) is 8.79. The Labute approximate surface area is 153 Å². The lowest BCUT2D eigenvalue weighted by Gasteiger charge is -2.32. The zero-order chi connectivity index (χ0) is 15.7. The predicted octanol–water partition coefficient (Wildman–Crippen LogP) is -0.738. The van der Waals surface area contributed by atoms with Gasteiger partial charge in [0, 0.05) is 38.5 Å². The zero-order valence-electron chi connectivity index (χ0n) is 14.3. The van der Waals surface area contributed by atoms with Gasteiger partial charge in [-0.25, -0.2) is 0 Å². The number of hydrogen-bond donors (Lipinski definition) is 0. The van der Waals surface area contributed by atoms with Crippen LogP contribution in [-0.2, 0) is 0 Å². The summed E-state index contributed by atoms with van der Waals surface area (Å²) >= 11 is 0. The molecule has 0 aliphatic carbocycles. The molecular weight excluding hydrogens is 348 g/mol. The fourth-order valence-corrected chi connectivity index (χ4v) is 4.05. The maximum Gasteiger partial charge on any atom is 0.141 e. The van der Waals surface area contributed by atoms with E-state index in [-0.39, 0.29) is 17.0 Å². The van der Waals surface area contributed by atoms with Crippen LogP contribution in [0.5, 0.6) is 0 Å². The highest BCUT2D eigenvalue weighted by atomic mass is 79.9. The standard InChI is InChI=1S/C20H30N2.BrH/c1-3-13-21(17-9-10-18-21)15-7-5-6-8-16-22(14-4-2)19-11-12-20-22;/h1-2H,5,7,9-20H2;1H/q+2;/p-1. The van der Waals surface area contributed by atoms with Gasteiger partial charge in [0.05, 0.1) is 32.7 Å². The van der Waals surface area contributed by atoms with Crippen molar-refractivity contribution in [1.29, 1.82) is 0 Å². The smallest absolute Gasteiger partial charge is 0.141 e. The van der Waals surface area contributed by atoms with Crippen molar-refractivity contribution in [2.45, 2.75) is 38.5 Å². The first-order valence-electron chi connectivity index (χ1n) is 8.77. The van der Waals surface area contributed by atoms with Gasteiger partial charge in [-0.1, -0.05) is 5.92 Å². The molecule has 2 aliphatic heterocycles. The highest BCUT2D eigenvalue weighted by molar-refractivity contribution is 5.00. The lowest BCUT2D eigenvalue weighted by atomic mass is 10.2. The molecule has 23 heavy (non-hydrogen) atoms. The molecule has 0 saturated carbocycles. The van der Waals surface area contributed by atoms with E-state index in [1.807, 2.05) is 0 Å². The zero-order valence-corrected chi connectivity index (χ0v) is 15.9. The van der Waals surface area contributed by atoms with Gasteiger partial charge in [0.1, 0.15) is 19.6 Å². The number of rotatable bonds is 6. The third-order valence-corrected chi connectivity index (χ3v) is 5.36. The Bertz CT molecular complexity index is 488. The maximum atomic E-state index is 5.55. The number of halogens is 1. The van der Waals surface area contributed by atoms with E-state index in [4.69, 9.17) is 12.8 Å². The summed E-state index contributed by atoms with van der Waals surface area (Å²) in [5.74, 6) is 12.5. The predicted molar refractivity (Wildman–Crippen MR) is 92.6 cm³/mol. The molecule has 0 amide bonds. The number of terminal acetylenes is 2. The molecule has 0 aromatic rings. The first-order chi connectivity index (χ1) is 10.7. The van der Waals surface area contributed by atoms with E-state index in [1.54, 1.807) is 0 Å². The van der Waals surface area contributed by atoms with Gasteiger partial charge >= 0.3 is 0 Å². The fraction of sp³-hybridized carbons (Fsp3) is 0.700. The number of unbranched alkanes of at least 4 members (excludes halogenated alkanes) is 1. The normalized spacial score (nSPS) is 20.6. The average Bonchev–Trinajstić information content (AvgIpc) is 3.14. The van der Waals surface area contributed by atoms with E-state index < -0.39 is 0 Å². The third kappa shape index (κ3) is 5.90. The second-order valence-electron chi connectivity index (χ2n) is 7.06. The van der Waals surface area contributed by atoms with Crippen molar-refractivity contribution in [3.8, 4) is 36.5 Å². The molecule has 0 unspecified atom stereocenters. The van der Waals surface area contributed by atoms with Crippen molar-refractivity contribution in [1.82, 2.24) is 0 Å². The summed E-state index contributed by atoms with van der Waals surface area (Å²) in [4.78, 5) is 0. The van der Waals surface area contributed by atoms with E-state index in [9.17, 15) is 0 Å². The Morgan fingerprint density at radius 2 is 1.22 bits per heavy atom. The first kappa shape index (κ1) is 20.1. The molecule has 2 rings (SSSR count). The molecular formula is C20H30BrN2+. The molecule has 3 heteroatoms. The maximum absolute atomic E-state index is 5.55. The topological polar surface area (TPSA) is 0 Å². The van der Waals surface area contributed by atoms with Crippen LogP contribution in [0.4, 0.5) is 0 Å². The van der Waals surface area contributed by atoms with Gasteiger partial charge in [-0.05, 0) is 17.8 Å². The summed E-state index contributed by atoms with van der Waals surface area (Å²) in [7, 11) is 0. The van der Waals surface area contributed by atoms with Crippen molar-refractivity contribution in [3.63, 3.8) is 0 Å². The molecule has 0 spiro atoms. The van der Waals surface area contributed by atoms with E-state index in [0.717, 1.165) is 35.0 Å². The van der Waals surface area contributed by atoms with Crippen LogP contribution in [0.3, 0.4) is 0 Å². The Hall–Kier alpha value is -0.920. The molecule has 0 atom stereocenters. The molecule has 0 radical (unpaired) electrons. The van der Waals surface area contributed by atoms with Gasteiger partial charge in [-0.3, -0.25) is 0 Å². The summed E-state index contributed by atoms with van der Waals surface area (Å²) in [5, 5.41) is 0. The average molecular weight is 378 g/mol. The Balaban J connectivity index is 0.00000264. The van der Waals surface area contributed by atoms with Crippen molar-refractivity contribution in [2.75, 3.05) is 52.4 Å². The highest BCUT2D eigenvalue weighted by Crippen LogP contribution is 2.20. The highest BCUT2D eigenvalue weighted by Gasteiger charge is 2.31. The Morgan fingerprint density at radius 3 is 1.78 bits per heavy atom. The molecule has 0 aromatic carbocycles. The van der Waals surface area contributed by atoms with Crippen molar-refractivity contribution in [3.05, 3.63) is 0 Å². The van der Waals surface area contributed by atoms with Gasteiger partial charge in [-0.2, -0.15) is 0 Å². The summed E-state index contributed by atoms with van der Waals surface area (Å²) in [6.07, 6.45) is 18.5. The fourth-order valence-electron chi connectivity index (χ4n) is 4.05. The van der Waals surface area contributed by atoms with Crippen LogP contribution in [0.1, 0.15) is 38.5 Å². The number of hydrogen-bond acceptors (Lipinski definition) is 0. The van der Waals surface area contributed by atoms with Crippen molar-refractivity contribution in [2.24, 2.45) is 0 Å². The van der Waals surface area contributed by atoms with Crippen LogP contribution in [0.25, 0.3) is 0 Å². The molecule has 2 heterocycles. The van der Waals surface area contributed by atoms with Gasteiger partial charge in [-0.15, -0.1) is 12.8 Å². The van der Waals surface area contributed by atoms with Gasteiger partial charge in [0.2, 0.25) is 0 Å². The molecule has 2 saturated heterocycles. The Morgan fingerprint density at radius 1 is 0.696 bits per heavy atom. The molecule has 2 nitrogen and oxygen atoms in total. The quantitative estimate of drug-likeness (QED) is 0.325. The largest absolute Gasteiger partial charge is 1.00 e. The number of nitrogens with zero attached hydrogens (tertiary/aromatic N) is 2. The van der Waals surface area contributed by atoms with Gasteiger partial charge < -0.3 is 25.9 Å². The van der Waals surface area contributed by atoms with Crippen LogP contribution >= 0.6 is 0 Å². The molecule has 0 aromatic heterocycles. The van der Waals surface area contributed by atoms with Crippen LogP contribution in [-0.4, -0.2) is 61.3 Å². The first-order valence-corrected chi connectivity index (χ1v) is 8.77. The molecule has 2 fully saturated rings. The molecule has 2 aliphatic rings. The minimum absolute atomic E-state index is 0. The molecule has 0 N–H and O–H groups in total. The third-order valence-electron chi connectivity index (χ3n) is 5.36. The van der Waals surface area contributed by atoms with Gasteiger partial charge in [0.15, 0.2) is 0 Å². The van der Waals surface area contributed by atoms with Crippen LogP contribution in [0.2, 0.25) is 0 Å². The van der Waals surface area contributed by atoms with Gasteiger partial charge in [0.25, 0.3) is 0 Å². The lowest BCUT2D eigenvalue weighted by molar-refractivity contribution is -0.910. The molecule has 126 valence electrons. The second-order valence-corrected chi connectivity index (χ2v) is 7.06. The monoisotopic (exact) mass is 377 g/mol. The second kappa shape index (κ2) is 10.1. The summed E-state index contributed by atoms with van der Waals surface area (Å²) in [5.41, 5.74) is 0. The van der Waals surface area contributed by atoms with Crippen molar-refractivity contribution >= 4 is 0 Å². The summed E-state index contributed by atoms with van der Waals surface area (Å²) in [6, 6.07) is 0. The van der Waals surface area contributed by atoms with Crippen molar-refractivity contribution < 1.29 is 25.9 Å². The van der Waals surface area contributed by atoms with E-state index >= 15 is 0 Å². The van der Waals surface area contributed by atoms with E-state index in [1.165, 1.54) is 64.8 Å². The SMILES string of the molecule is C#CC[N+]1(CC#CCCC[N+]2(CC#C)CCCC2)CCCC1.[Br-]. The summed E-state index contributed by atoms with van der Waals surface area (Å²) < 4.78 is 2.16. The molecule has 0 bridgehead atoms.